The van der Waals surface area contributed by atoms with E-state index in [0.717, 1.165) is 6.07 Å². The van der Waals surface area contributed by atoms with Gasteiger partial charge in [0.1, 0.15) is 5.75 Å². The van der Waals surface area contributed by atoms with Crippen LogP contribution in [0, 0.1) is 0 Å². The highest BCUT2D eigenvalue weighted by atomic mass is 32.2. The summed E-state index contributed by atoms with van der Waals surface area (Å²) in [5.74, 6) is -0.491. The first-order valence-corrected chi connectivity index (χ1v) is 5.60. The van der Waals surface area contributed by atoms with Gasteiger partial charge in [0.15, 0.2) is 0 Å². The first-order valence-electron chi connectivity index (χ1n) is 4.78. The minimum absolute atomic E-state index is 0.103. The molecule has 1 aromatic heterocycles. The van der Waals surface area contributed by atoms with E-state index in [2.05, 4.69) is 4.98 Å². The molecule has 0 aliphatic carbocycles. The number of thioether (sulfide) groups is 1. The van der Waals surface area contributed by atoms with Crippen molar-refractivity contribution in [3.05, 3.63) is 11.8 Å². The smallest absolute Gasteiger partial charge is 0.446 e. The molecule has 0 aliphatic rings. The summed E-state index contributed by atoms with van der Waals surface area (Å²) in [4.78, 5) is 3.63. The van der Waals surface area contributed by atoms with Gasteiger partial charge in [-0.25, -0.2) is 4.98 Å². The Hall–Kier alpha value is -1.11. The molecule has 1 N–H and O–H groups in total. The summed E-state index contributed by atoms with van der Waals surface area (Å²) in [5, 5.41) is 9.58. The van der Waals surface area contributed by atoms with Gasteiger partial charge in [-0.3, -0.25) is 0 Å². The van der Waals surface area contributed by atoms with Crippen molar-refractivity contribution in [1.82, 2.24) is 4.98 Å². The number of nitrogens with zero attached hydrogens (tertiary/aromatic N) is 1. The van der Waals surface area contributed by atoms with Crippen molar-refractivity contribution in [2.75, 3.05) is 7.11 Å². The fourth-order valence-electron chi connectivity index (χ4n) is 1.25. The van der Waals surface area contributed by atoms with Gasteiger partial charge in [0.25, 0.3) is 0 Å². The second kappa shape index (κ2) is 5.03. The van der Waals surface area contributed by atoms with E-state index in [4.69, 9.17) is 4.74 Å². The summed E-state index contributed by atoms with van der Waals surface area (Å²) in [6, 6.07) is 1.03. The molecule has 7 heteroatoms. The van der Waals surface area contributed by atoms with Crippen LogP contribution in [0.4, 0.5) is 13.2 Å². The number of aromatic hydroxyl groups is 1. The first kappa shape index (κ1) is 14.0. The zero-order valence-corrected chi connectivity index (χ0v) is 10.3. The van der Waals surface area contributed by atoms with E-state index >= 15 is 0 Å². The van der Waals surface area contributed by atoms with Gasteiger partial charge in [-0.05, 0) is 17.7 Å². The quantitative estimate of drug-likeness (QED) is 0.851. The lowest BCUT2D eigenvalue weighted by molar-refractivity contribution is -0.0329. The Morgan fingerprint density at radius 2 is 2.00 bits per heavy atom. The molecule has 0 saturated carbocycles. The third-order valence-corrected chi connectivity index (χ3v) is 2.67. The summed E-state index contributed by atoms with van der Waals surface area (Å²) >= 11 is -0.361. The number of ether oxygens (including phenoxy) is 1. The number of pyridine rings is 1. The molecule has 17 heavy (non-hydrogen) atoms. The molecule has 1 rings (SSSR count). The highest BCUT2D eigenvalue weighted by Crippen LogP contribution is 2.43. The summed E-state index contributed by atoms with van der Waals surface area (Å²) in [6.45, 7) is 3.55. The van der Waals surface area contributed by atoms with Crippen LogP contribution >= 0.6 is 11.8 Å². The number of hydrogen-bond acceptors (Lipinski definition) is 4. The number of halogens is 3. The lowest BCUT2D eigenvalue weighted by atomic mass is 10.1. The van der Waals surface area contributed by atoms with E-state index in [1.165, 1.54) is 7.11 Å². The number of alkyl halides is 3. The molecule has 0 bridgehead atoms. The van der Waals surface area contributed by atoms with E-state index in [1.807, 2.05) is 0 Å². The van der Waals surface area contributed by atoms with Crippen molar-refractivity contribution < 1.29 is 23.0 Å². The molecule has 0 radical (unpaired) electrons. The summed E-state index contributed by atoms with van der Waals surface area (Å²) in [5.41, 5.74) is -4.13. The van der Waals surface area contributed by atoms with Gasteiger partial charge in [-0.15, -0.1) is 0 Å². The van der Waals surface area contributed by atoms with Gasteiger partial charge < -0.3 is 9.84 Å². The van der Waals surface area contributed by atoms with Crippen molar-refractivity contribution in [2.24, 2.45) is 0 Å². The molecule has 0 aromatic carbocycles. The Labute approximate surface area is 101 Å². The molecule has 0 atom stereocenters. The minimum Gasteiger partial charge on any atom is -0.506 e. The molecule has 1 aromatic rings. The predicted molar refractivity (Wildman–Crippen MR) is 58.5 cm³/mol. The number of hydrogen-bond donors (Lipinski definition) is 1. The summed E-state index contributed by atoms with van der Waals surface area (Å²) in [6.07, 6.45) is 0. The van der Waals surface area contributed by atoms with Crippen molar-refractivity contribution in [3.8, 4) is 11.6 Å². The molecular formula is C10H12F3NO2S. The van der Waals surface area contributed by atoms with Gasteiger partial charge in [-0.2, -0.15) is 13.2 Å². The van der Waals surface area contributed by atoms with E-state index in [-0.39, 0.29) is 34.2 Å². The van der Waals surface area contributed by atoms with Crippen LogP contribution in [-0.2, 0) is 0 Å². The molecule has 0 spiro atoms. The van der Waals surface area contributed by atoms with Crippen LogP contribution in [-0.4, -0.2) is 22.7 Å². The minimum atomic E-state index is -4.44. The van der Waals surface area contributed by atoms with Crippen molar-refractivity contribution >= 4 is 11.8 Å². The van der Waals surface area contributed by atoms with Crippen LogP contribution in [0.5, 0.6) is 11.6 Å². The van der Waals surface area contributed by atoms with E-state index in [1.54, 1.807) is 13.8 Å². The Bertz CT molecular complexity index is 407. The molecule has 0 unspecified atom stereocenters. The third kappa shape index (κ3) is 3.69. The zero-order chi connectivity index (χ0) is 13.2. The standard InChI is InChI=1S/C10H12F3NO2S/c1-5(2)8-6(15)4-7(9(14-8)16-3)17-10(11,12)13/h4-5,15H,1-3H3. The van der Waals surface area contributed by atoms with Crippen LogP contribution in [0.15, 0.2) is 11.0 Å². The maximum absolute atomic E-state index is 12.2. The Morgan fingerprint density at radius 1 is 1.41 bits per heavy atom. The Kier molecular flexibility index (Phi) is 4.13. The van der Waals surface area contributed by atoms with Crippen LogP contribution in [0.3, 0.4) is 0 Å². The normalized spacial score (nSPS) is 11.9. The topological polar surface area (TPSA) is 42.4 Å². The van der Waals surface area contributed by atoms with Crippen LogP contribution in [0.1, 0.15) is 25.5 Å². The summed E-state index contributed by atoms with van der Waals surface area (Å²) < 4.78 is 41.5. The average Bonchev–Trinajstić information content (AvgIpc) is 2.14. The van der Waals surface area contributed by atoms with Crippen LogP contribution in [0.25, 0.3) is 0 Å². The lowest BCUT2D eigenvalue weighted by Crippen LogP contribution is -2.03. The van der Waals surface area contributed by atoms with Gasteiger partial charge in [0, 0.05) is 6.07 Å². The van der Waals surface area contributed by atoms with Gasteiger partial charge in [0.05, 0.1) is 17.7 Å². The molecular weight excluding hydrogens is 255 g/mol. The van der Waals surface area contributed by atoms with Crippen molar-refractivity contribution in [3.63, 3.8) is 0 Å². The molecule has 0 saturated heterocycles. The SMILES string of the molecule is COc1nc(C(C)C)c(O)cc1SC(F)(F)F. The fraction of sp³-hybridized carbons (Fsp3) is 0.500. The second-order valence-corrected chi connectivity index (χ2v) is 4.71. The maximum atomic E-state index is 12.2. The van der Waals surface area contributed by atoms with E-state index < -0.39 is 5.51 Å². The van der Waals surface area contributed by atoms with Gasteiger partial charge in [0.2, 0.25) is 5.88 Å². The molecule has 1 heterocycles. The van der Waals surface area contributed by atoms with Crippen molar-refractivity contribution in [2.45, 2.75) is 30.2 Å². The zero-order valence-electron chi connectivity index (χ0n) is 9.50. The first-order chi connectivity index (χ1) is 7.74. The highest BCUT2D eigenvalue weighted by Gasteiger charge is 2.32. The number of rotatable bonds is 3. The Balaban J connectivity index is 3.19. The molecule has 0 aliphatic heterocycles. The third-order valence-electron chi connectivity index (χ3n) is 1.93. The average molecular weight is 267 g/mol. The van der Waals surface area contributed by atoms with E-state index in [9.17, 15) is 18.3 Å². The van der Waals surface area contributed by atoms with Gasteiger partial charge >= 0.3 is 5.51 Å². The highest BCUT2D eigenvalue weighted by molar-refractivity contribution is 8.00. The summed E-state index contributed by atoms with van der Waals surface area (Å²) in [7, 11) is 1.24. The number of methoxy groups -OCH3 is 1. The molecule has 3 nitrogen and oxygen atoms in total. The molecule has 0 amide bonds. The largest absolute Gasteiger partial charge is 0.506 e. The monoisotopic (exact) mass is 267 g/mol. The van der Waals surface area contributed by atoms with Gasteiger partial charge in [-0.1, -0.05) is 13.8 Å². The van der Waals surface area contributed by atoms with Crippen molar-refractivity contribution in [1.29, 1.82) is 0 Å². The maximum Gasteiger partial charge on any atom is 0.446 e. The molecule has 0 fully saturated rings. The van der Waals surface area contributed by atoms with E-state index in [0.29, 0.717) is 5.69 Å². The lowest BCUT2D eigenvalue weighted by Gasteiger charge is -2.13. The Morgan fingerprint density at radius 3 is 2.41 bits per heavy atom. The second-order valence-electron chi connectivity index (χ2n) is 3.60. The van der Waals surface area contributed by atoms with Crippen LogP contribution in [0.2, 0.25) is 0 Å². The van der Waals surface area contributed by atoms with Crippen LogP contribution < -0.4 is 4.74 Å². The number of aromatic nitrogens is 1. The fourth-order valence-corrected chi connectivity index (χ4v) is 1.89. The molecule has 96 valence electrons. The predicted octanol–water partition coefficient (Wildman–Crippen LogP) is 3.53.